The molecule has 0 saturated carbocycles. The van der Waals surface area contributed by atoms with Crippen molar-refractivity contribution in [2.75, 3.05) is 18.0 Å². The fourth-order valence-electron chi connectivity index (χ4n) is 1.51. The summed E-state index contributed by atoms with van der Waals surface area (Å²) in [5, 5.41) is 0. The van der Waals surface area contributed by atoms with Crippen LogP contribution in [-0.4, -0.2) is 24.0 Å². The number of alkyl halides is 2. The summed E-state index contributed by atoms with van der Waals surface area (Å²) in [5.41, 5.74) is 0.942. The van der Waals surface area contributed by atoms with E-state index in [0.29, 0.717) is 5.82 Å². The van der Waals surface area contributed by atoms with E-state index >= 15 is 0 Å². The van der Waals surface area contributed by atoms with Gasteiger partial charge in [0.1, 0.15) is 5.82 Å². The van der Waals surface area contributed by atoms with Crippen LogP contribution in [0.1, 0.15) is 12.6 Å². The lowest BCUT2D eigenvalue weighted by Crippen LogP contribution is -2.56. The predicted molar refractivity (Wildman–Crippen MR) is 50.8 cm³/mol. The van der Waals surface area contributed by atoms with Crippen molar-refractivity contribution < 1.29 is 8.78 Å². The standard InChI is InChI=1S/C10H12F2N2/c1-2-8-4-3-5-9(13-8)14-6-10(11,12)7-14/h3-5H,2,6-7H2,1H3. The van der Waals surface area contributed by atoms with Crippen LogP contribution in [0, 0.1) is 0 Å². The van der Waals surface area contributed by atoms with Gasteiger partial charge in [0, 0.05) is 5.69 Å². The van der Waals surface area contributed by atoms with Crippen molar-refractivity contribution in [2.24, 2.45) is 0 Å². The van der Waals surface area contributed by atoms with E-state index < -0.39 is 5.92 Å². The SMILES string of the molecule is CCc1cccc(N2CC(F)(F)C2)n1. The smallest absolute Gasteiger partial charge is 0.282 e. The number of hydrogen-bond acceptors (Lipinski definition) is 2. The van der Waals surface area contributed by atoms with Crippen molar-refractivity contribution in [2.45, 2.75) is 19.3 Å². The molecule has 2 heterocycles. The van der Waals surface area contributed by atoms with Gasteiger partial charge in [-0.1, -0.05) is 13.0 Å². The summed E-state index contributed by atoms with van der Waals surface area (Å²) < 4.78 is 25.2. The summed E-state index contributed by atoms with van der Waals surface area (Å²) in [6.45, 7) is 1.59. The third-order valence-corrected chi connectivity index (χ3v) is 2.32. The third kappa shape index (κ3) is 1.69. The summed E-state index contributed by atoms with van der Waals surface area (Å²) in [4.78, 5) is 5.87. The number of halogens is 2. The summed E-state index contributed by atoms with van der Waals surface area (Å²) in [7, 11) is 0. The van der Waals surface area contributed by atoms with Crippen molar-refractivity contribution in [1.82, 2.24) is 4.98 Å². The zero-order chi connectivity index (χ0) is 10.2. The molecular formula is C10H12F2N2. The molecule has 1 aliphatic heterocycles. The van der Waals surface area contributed by atoms with Crippen molar-refractivity contribution in [1.29, 1.82) is 0 Å². The number of rotatable bonds is 2. The van der Waals surface area contributed by atoms with E-state index in [1.165, 1.54) is 0 Å². The highest BCUT2D eigenvalue weighted by atomic mass is 19.3. The van der Waals surface area contributed by atoms with Crippen LogP contribution in [0.25, 0.3) is 0 Å². The van der Waals surface area contributed by atoms with E-state index in [4.69, 9.17) is 0 Å². The maximum atomic E-state index is 12.6. The topological polar surface area (TPSA) is 16.1 Å². The average molecular weight is 198 g/mol. The average Bonchev–Trinajstić information content (AvgIpc) is 2.14. The Bertz CT molecular complexity index is 331. The largest absolute Gasteiger partial charge is 0.344 e. The molecule has 0 atom stereocenters. The Morgan fingerprint density at radius 1 is 1.43 bits per heavy atom. The number of aryl methyl sites for hydroxylation is 1. The number of anilines is 1. The molecule has 2 nitrogen and oxygen atoms in total. The molecule has 0 amide bonds. The molecule has 0 radical (unpaired) electrons. The molecule has 0 bridgehead atoms. The van der Waals surface area contributed by atoms with Crippen molar-refractivity contribution in [3.05, 3.63) is 23.9 Å². The molecule has 2 rings (SSSR count). The van der Waals surface area contributed by atoms with Gasteiger partial charge in [0.15, 0.2) is 0 Å². The predicted octanol–water partition coefficient (Wildman–Crippen LogP) is 2.10. The minimum Gasteiger partial charge on any atom is -0.344 e. The van der Waals surface area contributed by atoms with E-state index in [-0.39, 0.29) is 13.1 Å². The summed E-state index contributed by atoms with van der Waals surface area (Å²) in [5.74, 6) is -1.86. The normalized spacial score (nSPS) is 19.2. The zero-order valence-corrected chi connectivity index (χ0v) is 8.00. The minimum absolute atomic E-state index is 0.201. The summed E-state index contributed by atoms with van der Waals surface area (Å²) >= 11 is 0. The summed E-state index contributed by atoms with van der Waals surface area (Å²) in [6.07, 6.45) is 0.831. The van der Waals surface area contributed by atoms with Crippen LogP contribution in [0.2, 0.25) is 0 Å². The fourth-order valence-corrected chi connectivity index (χ4v) is 1.51. The monoisotopic (exact) mass is 198 g/mol. The Balaban J connectivity index is 2.11. The molecule has 1 aliphatic rings. The minimum atomic E-state index is -2.52. The van der Waals surface area contributed by atoms with Crippen molar-refractivity contribution in [3.63, 3.8) is 0 Å². The second kappa shape index (κ2) is 3.19. The number of pyridine rings is 1. The molecular weight excluding hydrogens is 186 g/mol. The van der Waals surface area contributed by atoms with Crippen LogP contribution in [0.5, 0.6) is 0 Å². The van der Waals surface area contributed by atoms with Crippen LogP contribution in [0.15, 0.2) is 18.2 Å². The Labute approximate surface area is 81.6 Å². The van der Waals surface area contributed by atoms with Crippen LogP contribution in [0.3, 0.4) is 0 Å². The van der Waals surface area contributed by atoms with Gasteiger partial charge < -0.3 is 4.90 Å². The van der Waals surface area contributed by atoms with Gasteiger partial charge in [0.05, 0.1) is 13.1 Å². The van der Waals surface area contributed by atoms with E-state index in [1.54, 1.807) is 11.0 Å². The molecule has 1 fully saturated rings. The highest BCUT2D eigenvalue weighted by molar-refractivity contribution is 5.43. The maximum absolute atomic E-state index is 12.6. The van der Waals surface area contributed by atoms with Gasteiger partial charge in [-0.05, 0) is 18.6 Å². The number of hydrogen-bond donors (Lipinski definition) is 0. The number of nitrogens with zero attached hydrogens (tertiary/aromatic N) is 2. The maximum Gasteiger partial charge on any atom is 0.282 e. The first-order chi connectivity index (χ1) is 6.61. The van der Waals surface area contributed by atoms with Crippen molar-refractivity contribution in [3.8, 4) is 0 Å². The summed E-state index contributed by atoms with van der Waals surface area (Å²) in [6, 6.07) is 5.54. The Hall–Kier alpha value is -1.19. The van der Waals surface area contributed by atoms with Gasteiger partial charge in [-0.25, -0.2) is 13.8 Å². The molecule has 1 saturated heterocycles. The zero-order valence-electron chi connectivity index (χ0n) is 8.00. The van der Waals surface area contributed by atoms with Crippen LogP contribution >= 0.6 is 0 Å². The first-order valence-corrected chi connectivity index (χ1v) is 4.69. The number of aromatic nitrogens is 1. The lowest BCUT2D eigenvalue weighted by atomic mass is 10.1. The van der Waals surface area contributed by atoms with Crippen molar-refractivity contribution >= 4 is 5.82 Å². The molecule has 0 aromatic carbocycles. The van der Waals surface area contributed by atoms with Gasteiger partial charge in [-0.3, -0.25) is 0 Å². The quantitative estimate of drug-likeness (QED) is 0.723. The molecule has 0 unspecified atom stereocenters. The van der Waals surface area contributed by atoms with Gasteiger partial charge in [0.2, 0.25) is 0 Å². The van der Waals surface area contributed by atoms with Gasteiger partial charge >= 0.3 is 0 Å². The Morgan fingerprint density at radius 2 is 2.14 bits per heavy atom. The Kier molecular flexibility index (Phi) is 2.13. The highest BCUT2D eigenvalue weighted by Gasteiger charge is 2.44. The van der Waals surface area contributed by atoms with Gasteiger partial charge in [0.25, 0.3) is 5.92 Å². The second-order valence-corrected chi connectivity index (χ2v) is 3.55. The fraction of sp³-hybridized carbons (Fsp3) is 0.500. The molecule has 0 N–H and O–H groups in total. The molecule has 76 valence electrons. The lowest BCUT2D eigenvalue weighted by Gasteiger charge is -2.39. The first-order valence-electron chi connectivity index (χ1n) is 4.69. The first kappa shape index (κ1) is 9.37. The molecule has 14 heavy (non-hydrogen) atoms. The van der Waals surface area contributed by atoms with E-state index in [1.807, 2.05) is 19.1 Å². The van der Waals surface area contributed by atoms with Crippen LogP contribution in [0.4, 0.5) is 14.6 Å². The van der Waals surface area contributed by atoms with Crippen LogP contribution in [-0.2, 0) is 6.42 Å². The second-order valence-electron chi connectivity index (χ2n) is 3.55. The molecule has 1 aromatic rings. The molecule has 0 aliphatic carbocycles. The third-order valence-electron chi connectivity index (χ3n) is 2.32. The van der Waals surface area contributed by atoms with Gasteiger partial charge in [-0.15, -0.1) is 0 Å². The van der Waals surface area contributed by atoms with Gasteiger partial charge in [-0.2, -0.15) is 0 Å². The lowest BCUT2D eigenvalue weighted by molar-refractivity contribution is -0.0267. The Morgan fingerprint density at radius 3 is 2.71 bits per heavy atom. The van der Waals surface area contributed by atoms with E-state index in [2.05, 4.69) is 4.98 Å². The molecule has 0 spiro atoms. The molecule has 1 aromatic heterocycles. The van der Waals surface area contributed by atoms with E-state index in [0.717, 1.165) is 12.1 Å². The highest BCUT2D eigenvalue weighted by Crippen LogP contribution is 2.30. The van der Waals surface area contributed by atoms with Crippen LogP contribution < -0.4 is 4.90 Å². The van der Waals surface area contributed by atoms with E-state index in [9.17, 15) is 8.78 Å². The molecule has 4 heteroatoms.